The average Bonchev–Trinajstić information content (AvgIpc) is 2.81. The van der Waals surface area contributed by atoms with Crippen LogP contribution in [-0.4, -0.2) is 18.6 Å². The normalized spacial score (nSPS) is 19.2. The predicted molar refractivity (Wildman–Crippen MR) is 69.6 cm³/mol. The summed E-state index contributed by atoms with van der Waals surface area (Å²) in [6.45, 7) is 1.38. The molecule has 1 aromatic rings. The van der Waals surface area contributed by atoms with Gasteiger partial charge >= 0.3 is 5.97 Å². The van der Waals surface area contributed by atoms with Gasteiger partial charge in [-0.05, 0) is 37.1 Å². The second kappa shape index (κ2) is 6.17. The topological polar surface area (TPSA) is 38.3 Å². The molecular formula is C13H16BrNO2. The minimum atomic E-state index is -0.118. The number of hydrogen-bond acceptors (Lipinski definition) is 3. The highest BCUT2D eigenvalue weighted by Crippen LogP contribution is 2.13. The Kier molecular flexibility index (Phi) is 4.57. The fourth-order valence-corrected chi connectivity index (χ4v) is 2.20. The quantitative estimate of drug-likeness (QED) is 0.868. The second-order valence-corrected chi connectivity index (χ2v) is 5.20. The maximum atomic E-state index is 11.6. The molecule has 1 unspecified atom stereocenters. The summed E-state index contributed by atoms with van der Waals surface area (Å²) in [5.74, 6) is -0.118. The summed E-state index contributed by atoms with van der Waals surface area (Å²) in [5.41, 5.74) is 1.01. The van der Waals surface area contributed by atoms with Gasteiger partial charge in [-0.25, -0.2) is 0 Å². The van der Waals surface area contributed by atoms with Crippen LogP contribution in [0.5, 0.6) is 0 Å². The molecule has 0 aliphatic carbocycles. The summed E-state index contributed by atoms with van der Waals surface area (Å²) >= 11 is 3.37. The molecule has 2 rings (SSSR count). The van der Waals surface area contributed by atoms with Crippen LogP contribution in [0.2, 0.25) is 0 Å². The van der Waals surface area contributed by atoms with Crippen LogP contribution in [0.25, 0.3) is 0 Å². The largest absolute Gasteiger partial charge is 0.461 e. The third-order valence-electron chi connectivity index (χ3n) is 2.89. The van der Waals surface area contributed by atoms with E-state index in [1.807, 2.05) is 24.3 Å². The van der Waals surface area contributed by atoms with Gasteiger partial charge in [0.15, 0.2) is 0 Å². The third-order valence-corrected chi connectivity index (χ3v) is 3.42. The zero-order valence-electron chi connectivity index (χ0n) is 9.62. The molecule has 4 heteroatoms. The molecule has 92 valence electrons. The number of ether oxygens (including phenoxy) is 1. The second-order valence-electron chi connectivity index (χ2n) is 4.28. The number of carbonyl (C=O) groups is 1. The van der Waals surface area contributed by atoms with E-state index in [9.17, 15) is 4.79 Å². The van der Waals surface area contributed by atoms with Crippen molar-refractivity contribution < 1.29 is 9.53 Å². The standard InChI is InChI=1S/C13H16BrNO2/c14-11-5-3-10(4-6-11)9-17-13(16)8-12-2-1-7-15-12/h3-6,12,15H,1-2,7-9H2. The van der Waals surface area contributed by atoms with Gasteiger partial charge in [-0.15, -0.1) is 0 Å². The highest BCUT2D eigenvalue weighted by molar-refractivity contribution is 9.10. The molecule has 3 nitrogen and oxygen atoms in total. The lowest BCUT2D eigenvalue weighted by atomic mass is 10.1. The number of esters is 1. The van der Waals surface area contributed by atoms with Gasteiger partial charge in [0.1, 0.15) is 6.61 Å². The maximum absolute atomic E-state index is 11.6. The van der Waals surface area contributed by atoms with Crippen LogP contribution in [0.4, 0.5) is 0 Å². The maximum Gasteiger partial charge on any atom is 0.307 e. The Bertz CT molecular complexity index is 372. The molecule has 1 aliphatic rings. The van der Waals surface area contributed by atoms with Gasteiger partial charge in [0, 0.05) is 10.5 Å². The van der Waals surface area contributed by atoms with Gasteiger partial charge in [-0.1, -0.05) is 28.1 Å². The first-order chi connectivity index (χ1) is 8.24. The number of carbonyl (C=O) groups excluding carboxylic acids is 1. The van der Waals surface area contributed by atoms with E-state index >= 15 is 0 Å². The number of nitrogens with one attached hydrogen (secondary N) is 1. The summed E-state index contributed by atoms with van der Waals surface area (Å²) in [4.78, 5) is 11.6. The Hall–Kier alpha value is -0.870. The van der Waals surface area contributed by atoms with Crippen molar-refractivity contribution in [3.8, 4) is 0 Å². The van der Waals surface area contributed by atoms with Crippen LogP contribution >= 0.6 is 15.9 Å². The van der Waals surface area contributed by atoms with Crippen LogP contribution in [0.3, 0.4) is 0 Å². The lowest BCUT2D eigenvalue weighted by Gasteiger charge is -2.09. The van der Waals surface area contributed by atoms with Gasteiger partial charge in [0.25, 0.3) is 0 Å². The molecule has 0 aromatic heterocycles. The van der Waals surface area contributed by atoms with Crippen molar-refractivity contribution in [2.24, 2.45) is 0 Å². The molecule has 1 aliphatic heterocycles. The Morgan fingerprint density at radius 3 is 2.82 bits per heavy atom. The number of halogens is 1. The van der Waals surface area contributed by atoms with Crippen molar-refractivity contribution >= 4 is 21.9 Å². The van der Waals surface area contributed by atoms with Gasteiger partial charge in [0.05, 0.1) is 6.42 Å². The number of rotatable bonds is 4. The Labute approximate surface area is 110 Å². The van der Waals surface area contributed by atoms with Gasteiger partial charge in [-0.3, -0.25) is 4.79 Å². The SMILES string of the molecule is O=C(CC1CCCN1)OCc1ccc(Br)cc1. The lowest BCUT2D eigenvalue weighted by molar-refractivity contribution is -0.145. The van der Waals surface area contributed by atoms with Crippen molar-refractivity contribution in [2.45, 2.75) is 31.9 Å². The van der Waals surface area contributed by atoms with Crippen molar-refractivity contribution in [3.05, 3.63) is 34.3 Å². The molecule has 0 amide bonds. The van der Waals surface area contributed by atoms with Crippen molar-refractivity contribution in [1.29, 1.82) is 0 Å². The van der Waals surface area contributed by atoms with Gasteiger partial charge < -0.3 is 10.1 Å². The predicted octanol–water partition coefficient (Wildman–Crippen LogP) is 2.63. The van der Waals surface area contributed by atoms with E-state index in [0.717, 1.165) is 29.4 Å². The highest BCUT2D eigenvalue weighted by atomic mass is 79.9. The lowest BCUT2D eigenvalue weighted by Crippen LogP contribution is -2.25. The Morgan fingerprint density at radius 2 is 2.18 bits per heavy atom. The monoisotopic (exact) mass is 297 g/mol. The smallest absolute Gasteiger partial charge is 0.307 e. The van der Waals surface area contributed by atoms with Crippen molar-refractivity contribution in [3.63, 3.8) is 0 Å². The van der Waals surface area contributed by atoms with Crippen LogP contribution < -0.4 is 5.32 Å². The molecule has 1 atom stereocenters. The molecule has 0 spiro atoms. The van der Waals surface area contributed by atoms with Gasteiger partial charge in [-0.2, -0.15) is 0 Å². The molecule has 1 saturated heterocycles. The molecule has 1 heterocycles. The molecule has 0 bridgehead atoms. The molecule has 0 radical (unpaired) electrons. The zero-order valence-corrected chi connectivity index (χ0v) is 11.2. The number of benzene rings is 1. The van der Waals surface area contributed by atoms with Crippen LogP contribution in [0.15, 0.2) is 28.7 Å². The molecule has 1 N–H and O–H groups in total. The van der Waals surface area contributed by atoms with Crippen molar-refractivity contribution in [2.75, 3.05) is 6.54 Å². The van der Waals surface area contributed by atoms with E-state index < -0.39 is 0 Å². The minimum absolute atomic E-state index is 0.118. The van der Waals surface area contributed by atoms with Crippen molar-refractivity contribution in [1.82, 2.24) is 5.32 Å². The van der Waals surface area contributed by atoms with Crippen LogP contribution in [-0.2, 0) is 16.1 Å². The zero-order chi connectivity index (χ0) is 12.1. The first kappa shape index (κ1) is 12.6. The van der Waals surface area contributed by atoms with E-state index in [0.29, 0.717) is 19.1 Å². The minimum Gasteiger partial charge on any atom is -0.461 e. The van der Waals surface area contributed by atoms with E-state index in [-0.39, 0.29) is 5.97 Å². The summed E-state index contributed by atoms with van der Waals surface area (Å²) in [7, 11) is 0. The summed E-state index contributed by atoms with van der Waals surface area (Å²) in [6, 6.07) is 8.10. The summed E-state index contributed by atoms with van der Waals surface area (Å²) in [6.07, 6.45) is 2.72. The van der Waals surface area contributed by atoms with E-state index in [1.165, 1.54) is 0 Å². The fraction of sp³-hybridized carbons (Fsp3) is 0.462. The number of hydrogen-bond donors (Lipinski definition) is 1. The first-order valence-corrected chi connectivity index (χ1v) is 6.67. The molecular weight excluding hydrogens is 282 g/mol. The van der Waals surface area contributed by atoms with Crippen LogP contribution in [0, 0.1) is 0 Å². The van der Waals surface area contributed by atoms with E-state index in [2.05, 4.69) is 21.2 Å². The summed E-state index contributed by atoms with van der Waals surface area (Å²) < 4.78 is 6.27. The average molecular weight is 298 g/mol. The molecule has 17 heavy (non-hydrogen) atoms. The summed E-state index contributed by atoms with van der Waals surface area (Å²) in [5, 5.41) is 3.29. The Balaban J connectivity index is 1.73. The van der Waals surface area contributed by atoms with Gasteiger partial charge in [0.2, 0.25) is 0 Å². The third kappa shape index (κ3) is 4.13. The van der Waals surface area contributed by atoms with E-state index in [1.54, 1.807) is 0 Å². The highest BCUT2D eigenvalue weighted by Gasteiger charge is 2.18. The first-order valence-electron chi connectivity index (χ1n) is 5.87. The molecule has 0 saturated carbocycles. The molecule has 1 aromatic carbocycles. The van der Waals surface area contributed by atoms with E-state index in [4.69, 9.17) is 4.74 Å². The Morgan fingerprint density at radius 1 is 1.41 bits per heavy atom. The van der Waals surface area contributed by atoms with Crippen LogP contribution in [0.1, 0.15) is 24.8 Å². The molecule has 1 fully saturated rings. The fourth-order valence-electron chi connectivity index (χ4n) is 1.94.